The summed E-state index contributed by atoms with van der Waals surface area (Å²) in [6, 6.07) is 19.4. The van der Waals surface area contributed by atoms with Crippen LogP contribution in [0.3, 0.4) is 0 Å². The molecular formula is C19H20N4O. The van der Waals surface area contributed by atoms with Gasteiger partial charge in [-0.15, -0.1) is 0 Å². The second kappa shape index (κ2) is 7.97. The Kier molecular flexibility index (Phi) is 5.24. The molecule has 2 aromatic carbocycles. The van der Waals surface area contributed by atoms with Gasteiger partial charge in [-0.1, -0.05) is 37.3 Å². The Balaban J connectivity index is 1.78. The minimum Gasteiger partial charge on any atom is -0.455 e. The summed E-state index contributed by atoms with van der Waals surface area (Å²) in [7, 11) is 0. The van der Waals surface area contributed by atoms with Gasteiger partial charge in [-0.25, -0.2) is 9.97 Å². The molecule has 5 nitrogen and oxygen atoms in total. The third kappa shape index (κ3) is 4.23. The van der Waals surface area contributed by atoms with Crippen molar-refractivity contribution >= 4 is 17.3 Å². The Morgan fingerprint density at radius 2 is 1.67 bits per heavy atom. The lowest BCUT2D eigenvalue weighted by atomic mass is 10.3. The molecule has 0 radical (unpaired) electrons. The molecule has 3 aromatic rings. The van der Waals surface area contributed by atoms with Crippen LogP contribution in [0.15, 0.2) is 67.0 Å². The van der Waals surface area contributed by atoms with Crippen LogP contribution in [0.5, 0.6) is 11.5 Å². The average Bonchev–Trinajstić information content (AvgIpc) is 2.63. The number of rotatable bonds is 7. The highest BCUT2D eigenvalue weighted by molar-refractivity contribution is 5.66. The van der Waals surface area contributed by atoms with Crippen LogP contribution in [-0.2, 0) is 0 Å². The van der Waals surface area contributed by atoms with E-state index in [1.165, 1.54) is 0 Å². The predicted octanol–water partition coefficient (Wildman–Crippen LogP) is 4.83. The van der Waals surface area contributed by atoms with Crippen LogP contribution in [0.4, 0.5) is 17.3 Å². The molecule has 0 aliphatic carbocycles. The maximum atomic E-state index is 5.96. The number of aromatic nitrogens is 2. The van der Waals surface area contributed by atoms with Crippen molar-refractivity contribution in [3.8, 4) is 11.5 Å². The number of nitrogens with zero attached hydrogens (tertiary/aromatic N) is 2. The molecule has 2 N–H and O–H groups in total. The number of hydrogen-bond donors (Lipinski definition) is 2. The molecule has 122 valence electrons. The van der Waals surface area contributed by atoms with E-state index in [0.717, 1.165) is 36.0 Å². The Bertz CT molecular complexity index is 777. The van der Waals surface area contributed by atoms with Crippen molar-refractivity contribution in [2.45, 2.75) is 13.3 Å². The summed E-state index contributed by atoms with van der Waals surface area (Å²) in [6.45, 7) is 2.99. The van der Waals surface area contributed by atoms with Gasteiger partial charge in [0.05, 0.1) is 5.69 Å². The lowest BCUT2D eigenvalue weighted by Crippen LogP contribution is -2.03. The number of hydrogen-bond acceptors (Lipinski definition) is 5. The smallest absolute Gasteiger partial charge is 0.150 e. The number of nitrogens with one attached hydrogen (secondary N) is 2. The fourth-order valence-corrected chi connectivity index (χ4v) is 2.19. The average molecular weight is 320 g/mol. The van der Waals surface area contributed by atoms with E-state index in [2.05, 4.69) is 27.5 Å². The number of anilines is 3. The standard InChI is InChI=1S/C19H20N4O/c1-2-12-20-18-13-19(22-14-21-18)23-16-10-6-7-11-17(16)24-15-8-4-3-5-9-15/h3-11,13-14H,2,12H2,1H3,(H2,20,21,22,23). The molecule has 0 fully saturated rings. The molecule has 0 saturated carbocycles. The van der Waals surface area contributed by atoms with Gasteiger partial charge in [-0.05, 0) is 30.7 Å². The molecule has 0 unspecified atom stereocenters. The first-order chi connectivity index (χ1) is 11.8. The molecule has 0 atom stereocenters. The first kappa shape index (κ1) is 15.8. The molecule has 0 saturated heterocycles. The van der Waals surface area contributed by atoms with Crippen molar-refractivity contribution in [1.82, 2.24) is 9.97 Å². The molecule has 0 aliphatic rings. The highest BCUT2D eigenvalue weighted by atomic mass is 16.5. The van der Waals surface area contributed by atoms with Gasteiger partial charge in [0, 0.05) is 12.6 Å². The molecule has 0 aliphatic heterocycles. The Labute approximate surface area is 141 Å². The highest BCUT2D eigenvalue weighted by Gasteiger charge is 2.06. The van der Waals surface area contributed by atoms with Crippen LogP contribution >= 0.6 is 0 Å². The fourth-order valence-electron chi connectivity index (χ4n) is 2.19. The minimum absolute atomic E-state index is 0.715. The predicted molar refractivity (Wildman–Crippen MR) is 97.1 cm³/mol. The first-order valence-electron chi connectivity index (χ1n) is 8.00. The number of ether oxygens (including phenoxy) is 1. The van der Waals surface area contributed by atoms with Crippen molar-refractivity contribution in [3.63, 3.8) is 0 Å². The normalized spacial score (nSPS) is 10.2. The van der Waals surface area contributed by atoms with Crippen LogP contribution < -0.4 is 15.4 Å². The third-order valence-corrected chi connectivity index (χ3v) is 3.34. The number of benzene rings is 2. The SMILES string of the molecule is CCCNc1cc(Nc2ccccc2Oc2ccccc2)ncn1. The van der Waals surface area contributed by atoms with E-state index >= 15 is 0 Å². The zero-order chi connectivity index (χ0) is 16.6. The summed E-state index contributed by atoms with van der Waals surface area (Å²) in [6.07, 6.45) is 2.58. The van der Waals surface area contributed by atoms with Gasteiger partial charge in [0.2, 0.25) is 0 Å². The molecule has 5 heteroatoms. The van der Waals surface area contributed by atoms with Crippen LogP contribution in [0, 0.1) is 0 Å². The van der Waals surface area contributed by atoms with Crippen LogP contribution in [0.25, 0.3) is 0 Å². The quantitative estimate of drug-likeness (QED) is 0.652. The van der Waals surface area contributed by atoms with E-state index in [1.54, 1.807) is 6.33 Å². The zero-order valence-electron chi connectivity index (χ0n) is 13.6. The van der Waals surface area contributed by atoms with E-state index in [4.69, 9.17) is 4.74 Å². The fraction of sp³-hybridized carbons (Fsp3) is 0.158. The highest BCUT2D eigenvalue weighted by Crippen LogP contribution is 2.31. The van der Waals surface area contributed by atoms with Crippen molar-refractivity contribution in [2.24, 2.45) is 0 Å². The molecule has 1 heterocycles. The second-order valence-electron chi connectivity index (χ2n) is 5.25. The Morgan fingerprint density at radius 3 is 2.50 bits per heavy atom. The van der Waals surface area contributed by atoms with E-state index in [9.17, 15) is 0 Å². The Morgan fingerprint density at radius 1 is 0.917 bits per heavy atom. The van der Waals surface area contributed by atoms with Gasteiger partial charge in [-0.3, -0.25) is 0 Å². The summed E-state index contributed by atoms with van der Waals surface area (Å²) < 4.78 is 5.96. The number of para-hydroxylation sites is 3. The molecule has 24 heavy (non-hydrogen) atoms. The summed E-state index contributed by atoms with van der Waals surface area (Å²) >= 11 is 0. The summed E-state index contributed by atoms with van der Waals surface area (Å²) in [5.41, 5.74) is 0.849. The van der Waals surface area contributed by atoms with Crippen LogP contribution in [0.1, 0.15) is 13.3 Å². The van der Waals surface area contributed by atoms with E-state index in [0.29, 0.717) is 5.82 Å². The maximum absolute atomic E-state index is 5.96. The minimum atomic E-state index is 0.715. The molecule has 0 amide bonds. The summed E-state index contributed by atoms with van der Waals surface area (Å²) in [4.78, 5) is 8.49. The monoisotopic (exact) mass is 320 g/mol. The van der Waals surface area contributed by atoms with Gasteiger partial charge < -0.3 is 15.4 Å². The van der Waals surface area contributed by atoms with Crippen LogP contribution in [-0.4, -0.2) is 16.5 Å². The van der Waals surface area contributed by atoms with Crippen molar-refractivity contribution in [2.75, 3.05) is 17.2 Å². The van der Waals surface area contributed by atoms with Gasteiger partial charge in [0.25, 0.3) is 0 Å². The zero-order valence-corrected chi connectivity index (χ0v) is 13.6. The van der Waals surface area contributed by atoms with Gasteiger partial charge in [-0.2, -0.15) is 0 Å². The van der Waals surface area contributed by atoms with Crippen molar-refractivity contribution < 1.29 is 4.74 Å². The van der Waals surface area contributed by atoms with Crippen molar-refractivity contribution in [1.29, 1.82) is 0 Å². The summed E-state index contributed by atoms with van der Waals surface area (Å²) in [5.74, 6) is 3.05. The second-order valence-corrected chi connectivity index (χ2v) is 5.25. The van der Waals surface area contributed by atoms with Crippen molar-refractivity contribution in [3.05, 3.63) is 67.0 Å². The van der Waals surface area contributed by atoms with Gasteiger partial charge in [0.15, 0.2) is 5.75 Å². The van der Waals surface area contributed by atoms with Gasteiger partial charge in [0.1, 0.15) is 23.7 Å². The van der Waals surface area contributed by atoms with E-state index in [1.807, 2.05) is 60.7 Å². The Hall–Kier alpha value is -3.08. The molecular weight excluding hydrogens is 300 g/mol. The molecule has 3 rings (SSSR count). The van der Waals surface area contributed by atoms with Gasteiger partial charge >= 0.3 is 0 Å². The lowest BCUT2D eigenvalue weighted by Gasteiger charge is -2.13. The van der Waals surface area contributed by atoms with Crippen LogP contribution in [0.2, 0.25) is 0 Å². The topological polar surface area (TPSA) is 59.1 Å². The first-order valence-corrected chi connectivity index (χ1v) is 8.00. The molecule has 1 aromatic heterocycles. The third-order valence-electron chi connectivity index (χ3n) is 3.34. The summed E-state index contributed by atoms with van der Waals surface area (Å²) in [5, 5.41) is 6.55. The maximum Gasteiger partial charge on any atom is 0.150 e. The van der Waals surface area contributed by atoms with E-state index in [-0.39, 0.29) is 0 Å². The molecule has 0 spiro atoms. The lowest BCUT2D eigenvalue weighted by molar-refractivity contribution is 0.485. The molecule has 0 bridgehead atoms. The largest absolute Gasteiger partial charge is 0.455 e. The van der Waals surface area contributed by atoms with E-state index < -0.39 is 0 Å².